The summed E-state index contributed by atoms with van der Waals surface area (Å²) in [6.07, 6.45) is 0. The third-order valence-electron chi connectivity index (χ3n) is 3.29. The van der Waals surface area contributed by atoms with E-state index >= 15 is 0 Å². The number of imide groups is 1. The Labute approximate surface area is 152 Å². The fourth-order valence-electron chi connectivity index (χ4n) is 2.28. The topological polar surface area (TPSA) is 37.4 Å². The van der Waals surface area contributed by atoms with E-state index in [9.17, 15) is 9.59 Å². The molecule has 0 saturated heterocycles. The summed E-state index contributed by atoms with van der Waals surface area (Å²) in [5.74, 6) is -1.19. The lowest BCUT2D eigenvalue weighted by molar-refractivity contribution is -0.119. The zero-order valence-corrected chi connectivity index (χ0v) is 14.3. The van der Waals surface area contributed by atoms with Gasteiger partial charge in [0, 0.05) is 15.6 Å². The molecule has 0 saturated carbocycles. The minimum atomic E-state index is -0.625. The summed E-state index contributed by atoms with van der Waals surface area (Å²) >= 11 is 24.0. The van der Waals surface area contributed by atoms with Gasteiger partial charge in [-0.25, -0.2) is 4.90 Å². The van der Waals surface area contributed by atoms with Crippen LogP contribution in [0.15, 0.2) is 47.5 Å². The van der Waals surface area contributed by atoms with E-state index in [2.05, 4.69) is 0 Å². The quantitative estimate of drug-likeness (QED) is 0.667. The molecule has 1 aliphatic heterocycles. The highest BCUT2D eigenvalue weighted by Gasteiger charge is 2.39. The Hall–Kier alpha value is -1.52. The molecule has 0 bridgehead atoms. The molecule has 0 atom stereocenters. The van der Waals surface area contributed by atoms with Gasteiger partial charge in [-0.05, 0) is 30.3 Å². The molecule has 7 heteroatoms. The SMILES string of the molecule is O=C1C(Cl)=C(c2ccc(Cl)cc2Cl)C(=O)N1c1cccc(Cl)c1. The van der Waals surface area contributed by atoms with Gasteiger partial charge in [-0.1, -0.05) is 58.5 Å². The van der Waals surface area contributed by atoms with Crippen LogP contribution >= 0.6 is 46.4 Å². The lowest BCUT2D eigenvalue weighted by atomic mass is 10.1. The summed E-state index contributed by atoms with van der Waals surface area (Å²) in [5, 5.41) is 0.857. The number of nitrogens with zero attached hydrogens (tertiary/aromatic N) is 1. The zero-order chi connectivity index (χ0) is 16.7. The number of rotatable bonds is 2. The molecule has 0 radical (unpaired) electrons. The van der Waals surface area contributed by atoms with Crippen molar-refractivity contribution in [2.75, 3.05) is 4.90 Å². The van der Waals surface area contributed by atoms with E-state index in [1.54, 1.807) is 30.3 Å². The molecule has 0 aromatic heterocycles. The molecule has 3 rings (SSSR count). The second-order valence-corrected chi connectivity index (χ2v) is 6.40. The fourth-order valence-corrected chi connectivity index (χ4v) is 3.23. The molecule has 116 valence electrons. The Morgan fingerprint density at radius 1 is 0.783 bits per heavy atom. The first-order valence-corrected chi connectivity index (χ1v) is 7.91. The molecule has 0 fully saturated rings. The second-order valence-electron chi connectivity index (χ2n) is 4.74. The molecular weight excluding hydrogens is 380 g/mol. The maximum absolute atomic E-state index is 12.7. The highest BCUT2D eigenvalue weighted by molar-refractivity contribution is 6.61. The van der Waals surface area contributed by atoms with Crippen molar-refractivity contribution in [1.29, 1.82) is 0 Å². The summed E-state index contributed by atoms with van der Waals surface area (Å²) < 4.78 is 0. The molecule has 0 spiro atoms. The molecule has 2 aromatic rings. The van der Waals surface area contributed by atoms with Gasteiger partial charge in [0.05, 0.1) is 16.3 Å². The molecule has 0 aliphatic carbocycles. The van der Waals surface area contributed by atoms with Crippen LogP contribution in [0.1, 0.15) is 5.56 Å². The molecule has 1 heterocycles. The minimum absolute atomic E-state index is 0.0401. The van der Waals surface area contributed by atoms with E-state index in [1.807, 2.05) is 0 Å². The smallest absolute Gasteiger partial charge is 0.268 e. The molecule has 0 unspecified atom stereocenters. The van der Waals surface area contributed by atoms with Crippen LogP contribution in [0.25, 0.3) is 5.57 Å². The first kappa shape index (κ1) is 16.3. The van der Waals surface area contributed by atoms with Gasteiger partial charge in [-0.3, -0.25) is 9.59 Å². The number of carbonyl (C=O) groups excluding carboxylic acids is 2. The Bertz CT molecular complexity index is 876. The van der Waals surface area contributed by atoms with E-state index in [1.165, 1.54) is 12.1 Å². The van der Waals surface area contributed by atoms with E-state index in [-0.39, 0.29) is 15.6 Å². The number of amides is 2. The molecular formula is C16H7Cl4NO2. The van der Waals surface area contributed by atoms with E-state index in [0.717, 1.165) is 4.90 Å². The number of hydrogen-bond donors (Lipinski definition) is 0. The van der Waals surface area contributed by atoms with Crippen molar-refractivity contribution >= 4 is 69.5 Å². The van der Waals surface area contributed by atoms with Crippen molar-refractivity contribution in [2.45, 2.75) is 0 Å². The fraction of sp³-hybridized carbons (Fsp3) is 0. The molecule has 3 nitrogen and oxygen atoms in total. The maximum Gasteiger partial charge on any atom is 0.277 e. The number of hydrogen-bond acceptors (Lipinski definition) is 2. The van der Waals surface area contributed by atoms with Crippen LogP contribution in [0.2, 0.25) is 15.1 Å². The number of carbonyl (C=O) groups is 2. The molecule has 23 heavy (non-hydrogen) atoms. The monoisotopic (exact) mass is 385 g/mol. The lowest BCUT2D eigenvalue weighted by Crippen LogP contribution is -2.31. The van der Waals surface area contributed by atoms with Crippen LogP contribution in [-0.2, 0) is 9.59 Å². The van der Waals surface area contributed by atoms with Crippen LogP contribution in [0.4, 0.5) is 5.69 Å². The average molecular weight is 387 g/mol. The van der Waals surface area contributed by atoms with Gasteiger partial charge in [-0.2, -0.15) is 0 Å². The predicted molar refractivity (Wildman–Crippen MR) is 93.2 cm³/mol. The number of anilines is 1. The standard InChI is InChI=1S/C16H7Cl4NO2/c17-8-2-1-3-10(6-8)21-15(22)13(14(20)16(21)23)11-5-4-9(18)7-12(11)19/h1-7H. The lowest BCUT2D eigenvalue weighted by Gasteiger charge is -2.15. The van der Waals surface area contributed by atoms with Crippen molar-refractivity contribution in [1.82, 2.24) is 0 Å². The van der Waals surface area contributed by atoms with Crippen molar-refractivity contribution in [3.05, 3.63) is 68.1 Å². The van der Waals surface area contributed by atoms with Crippen molar-refractivity contribution in [3.8, 4) is 0 Å². The third kappa shape index (κ3) is 2.86. The zero-order valence-electron chi connectivity index (χ0n) is 11.3. The van der Waals surface area contributed by atoms with Gasteiger partial charge < -0.3 is 0 Å². The first-order chi connectivity index (χ1) is 10.9. The predicted octanol–water partition coefficient (Wildman–Crippen LogP) is 5.17. The average Bonchev–Trinajstić information content (AvgIpc) is 2.70. The van der Waals surface area contributed by atoms with Crippen LogP contribution in [0, 0.1) is 0 Å². The Kier molecular flexibility index (Phi) is 4.39. The Morgan fingerprint density at radius 3 is 2.13 bits per heavy atom. The summed E-state index contributed by atoms with van der Waals surface area (Å²) in [6, 6.07) is 11.0. The minimum Gasteiger partial charge on any atom is -0.268 e. The second kappa shape index (κ2) is 6.17. The Morgan fingerprint density at radius 2 is 1.48 bits per heavy atom. The normalized spacial score (nSPS) is 14.9. The molecule has 2 aromatic carbocycles. The van der Waals surface area contributed by atoms with Gasteiger partial charge >= 0.3 is 0 Å². The van der Waals surface area contributed by atoms with Crippen molar-refractivity contribution in [2.24, 2.45) is 0 Å². The Balaban J connectivity index is 2.10. The highest BCUT2D eigenvalue weighted by atomic mass is 35.5. The van der Waals surface area contributed by atoms with Gasteiger partial charge in [0.2, 0.25) is 0 Å². The third-order valence-corrected chi connectivity index (χ3v) is 4.43. The number of benzene rings is 2. The maximum atomic E-state index is 12.7. The van der Waals surface area contributed by atoms with Crippen molar-refractivity contribution < 1.29 is 9.59 Å². The van der Waals surface area contributed by atoms with E-state index < -0.39 is 11.8 Å². The van der Waals surface area contributed by atoms with E-state index in [0.29, 0.717) is 21.3 Å². The van der Waals surface area contributed by atoms with Gasteiger partial charge in [0.1, 0.15) is 5.03 Å². The molecule has 1 aliphatic rings. The summed E-state index contributed by atoms with van der Waals surface area (Å²) in [7, 11) is 0. The largest absolute Gasteiger partial charge is 0.277 e. The molecule has 0 N–H and O–H groups in total. The van der Waals surface area contributed by atoms with Crippen LogP contribution in [-0.4, -0.2) is 11.8 Å². The first-order valence-electron chi connectivity index (χ1n) is 6.39. The van der Waals surface area contributed by atoms with E-state index in [4.69, 9.17) is 46.4 Å². The van der Waals surface area contributed by atoms with Crippen LogP contribution in [0.5, 0.6) is 0 Å². The summed E-state index contributed by atoms with van der Waals surface area (Å²) in [4.78, 5) is 26.1. The molecule has 2 amide bonds. The summed E-state index contributed by atoms with van der Waals surface area (Å²) in [5.41, 5.74) is 0.730. The van der Waals surface area contributed by atoms with Gasteiger partial charge in [0.25, 0.3) is 11.8 Å². The van der Waals surface area contributed by atoms with Crippen LogP contribution in [0.3, 0.4) is 0 Å². The van der Waals surface area contributed by atoms with Crippen LogP contribution < -0.4 is 4.90 Å². The highest BCUT2D eigenvalue weighted by Crippen LogP contribution is 2.38. The summed E-state index contributed by atoms with van der Waals surface area (Å²) in [6.45, 7) is 0. The van der Waals surface area contributed by atoms with Gasteiger partial charge in [-0.15, -0.1) is 0 Å². The number of halogens is 4. The van der Waals surface area contributed by atoms with Gasteiger partial charge in [0.15, 0.2) is 0 Å². The van der Waals surface area contributed by atoms with Crippen molar-refractivity contribution in [3.63, 3.8) is 0 Å².